The molecule has 2 aromatic rings. The zero-order valence-electron chi connectivity index (χ0n) is 12.5. The highest BCUT2D eigenvalue weighted by molar-refractivity contribution is 7.98. The molecular formula is C16H15ClN4OS. The van der Waals surface area contributed by atoms with Crippen molar-refractivity contribution in [3.63, 3.8) is 0 Å². The second kappa shape index (κ2) is 5.69. The van der Waals surface area contributed by atoms with E-state index in [0.29, 0.717) is 22.5 Å². The number of fused-ring (bicyclic) bond motifs is 2. The van der Waals surface area contributed by atoms with Crippen molar-refractivity contribution in [2.45, 2.75) is 24.0 Å². The monoisotopic (exact) mass is 346 g/mol. The van der Waals surface area contributed by atoms with Gasteiger partial charge in [0, 0.05) is 17.1 Å². The van der Waals surface area contributed by atoms with E-state index in [2.05, 4.69) is 21.5 Å². The van der Waals surface area contributed by atoms with Gasteiger partial charge in [-0.15, -0.1) is 5.10 Å². The van der Waals surface area contributed by atoms with Crippen LogP contribution < -0.4 is 5.32 Å². The lowest BCUT2D eigenvalue weighted by molar-refractivity contribution is -0.123. The van der Waals surface area contributed by atoms with Crippen molar-refractivity contribution in [1.29, 1.82) is 0 Å². The van der Waals surface area contributed by atoms with Gasteiger partial charge in [-0.05, 0) is 24.3 Å². The minimum Gasteiger partial charge on any atom is -0.328 e. The Balaban J connectivity index is 1.94. The van der Waals surface area contributed by atoms with E-state index < -0.39 is 0 Å². The van der Waals surface area contributed by atoms with E-state index in [4.69, 9.17) is 11.6 Å². The van der Waals surface area contributed by atoms with Crippen molar-refractivity contribution < 1.29 is 4.79 Å². The van der Waals surface area contributed by atoms with E-state index in [-0.39, 0.29) is 17.7 Å². The third-order valence-electron chi connectivity index (χ3n) is 4.29. The number of anilines is 1. The molecule has 2 aliphatic rings. The maximum atomic E-state index is 12.6. The van der Waals surface area contributed by atoms with Crippen LogP contribution in [0.3, 0.4) is 0 Å². The molecule has 1 aliphatic carbocycles. The predicted molar refractivity (Wildman–Crippen MR) is 90.8 cm³/mol. The summed E-state index contributed by atoms with van der Waals surface area (Å²) in [5.74, 6) is 0.593. The Morgan fingerprint density at radius 3 is 3.00 bits per heavy atom. The van der Waals surface area contributed by atoms with Gasteiger partial charge >= 0.3 is 0 Å². The van der Waals surface area contributed by atoms with Crippen LogP contribution in [0.25, 0.3) is 0 Å². The number of aromatic nitrogens is 3. The largest absolute Gasteiger partial charge is 0.328 e. The number of Topliss-reactive ketones (excluding diaryl/α,β-unsaturated/α-hetero) is 1. The number of rotatable bonds is 2. The van der Waals surface area contributed by atoms with E-state index in [1.807, 2.05) is 30.5 Å². The van der Waals surface area contributed by atoms with Gasteiger partial charge in [-0.25, -0.2) is 4.68 Å². The van der Waals surface area contributed by atoms with E-state index in [0.717, 1.165) is 17.7 Å². The number of ketones is 1. The molecule has 0 saturated carbocycles. The molecule has 5 nitrogen and oxygen atoms in total. The highest BCUT2D eigenvalue weighted by atomic mass is 35.5. The molecule has 1 aromatic carbocycles. The molecule has 23 heavy (non-hydrogen) atoms. The van der Waals surface area contributed by atoms with Gasteiger partial charge in [0.2, 0.25) is 11.1 Å². The molecule has 1 N–H and O–H groups in total. The van der Waals surface area contributed by atoms with Crippen molar-refractivity contribution in [2.24, 2.45) is 5.92 Å². The topological polar surface area (TPSA) is 59.8 Å². The van der Waals surface area contributed by atoms with Gasteiger partial charge in [0.15, 0.2) is 0 Å². The lowest BCUT2D eigenvalue weighted by Crippen LogP contribution is -2.38. The highest BCUT2D eigenvalue weighted by Gasteiger charge is 2.42. The van der Waals surface area contributed by atoms with Gasteiger partial charge < -0.3 is 5.32 Å². The molecular weight excluding hydrogens is 332 g/mol. The lowest BCUT2D eigenvalue weighted by atomic mass is 9.81. The van der Waals surface area contributed by atoms with Gasteiger partial charge in [-0.3, -0.25) is 4.79 Å². The zero-order valence-corrected chi connectivity index (χ0v) is 14.1. The first-order valence-electron chi connectivity index (χ1n) is 7.44. The normalized spacial score (nSPS) is 22.9. The molecule has 118 valence electrons. The summed E-state index contributed by atoms with van der Waals surface area (Å²) in [6.45, 7) is 0. The lowest BCUT2D eigenvalue weighted by Gasteiger charge is -2.36. The fraction of sp³-hybridized carbons (Fsp3) is 0.312. The Kier molecular flexibility index (Phi) is 3.66. The van der Waals surface area contributed by atoms with Crippen molar-refractivity contribution in [3.05, 3.63) is 46.6 Å². The van der Waals surface area contributed by atoms with Crippen LogP contribution in [0.15, 0.2) is 41.2 Å². The smallest absolute Gasteiger partial charge is 0.227 e. The van der Waals surface area contributed by atoms with Crippen LogP contribution in [0.5, 0.6) is 0 Å². The Bertz CT molecular complexity index is 816. The average Bonchev–Trinajstić information content (AvgIpc) is 2.97. The quantitative estimate of drug-likeness (QED) is 0.843. The number of nitrogens with zero attached hydrogens (tertiary/aromatic N) is 3. The molecule has 2 atom stereocenters. The summed E-state index contributed by atoms with van der Waals surface area (Å²) in [6, 6.07) is 7.38. The molecule has 0 radical (unpaired) electrons. The summed E-state index contributed by atoms with van der Waals surface area (Å²) >= 11 is 7.90. The number of hydrogen-bond acceptors (Lipinski definition) is 5. The number of thioether (sulfide) groups is 1. The predicted octanol–water partition coefficient (Wildman–Crippen LogP) is 3.53. The molecule has 7 heteroatoms. The molecule has 2 heterocycles. The first-order valence-corrected chi connectivity index (χ1v) is 9.04. The summed E-state index contributed by atoms with van der Waals surface area (Å²) in [5.41, 5.74) is 1.82. The average molecular weight is 347 g/mol. The molecule has 1 aromatic heterocycles. The van der Waals surface area contributed by atoms with E-state index in [1.165, 1.54) is 11.8 Å². The molecule has 0 fully saturated rings. The molecule has 1 aliphatic heterocycles. The second-order valence-electron chi connectivity index (χ2n) is 5.60. The summed E-state index contributed by atoms with van der Waals surface area (Å²) in [6.07, 6.45) is 5.34. The number of nitrogens with one attached hydrogen (secondary N) is 1. The minimum atomic E-state index is -0.285. The van der Waals surface area contributed by atoms with E-state index >= 15 is 0 Å². The van der Waals surface area contributed by atoms with Crippen molar-refractivity contribution in [3.8, 4) is 0 Å². The first-order chi connectivity index (χ1) is 11.2. The van der Waals surface area contributed by atoms with Crippen LogP contribution in [0.4, 0.5) is 5.95 Å². The Labute approximate surface area is 143 Å². The third-order valence-corrected chi connectivity index (χ3v) is 5.17. The molecule has 0 spiro atoms. The van der Waals surface area contributed by atoms with Gasteiger partial charge in [0.1, 0.15) is 5.78 Å². The number of allylic oxidation sites excluding steroid dienone is 2. The Morgan fingerprint density at radius 1 is 1.39 bits per heavy atom. The van der Waals surface area contributed by atoms with Crippen LogP contribution in [-0.4, -0.2) is 26.8 Å². The van der Waals surface area contributed by atoms with Crippen LogP contribution in [0.2, 0.25) is 5.02 Å². The van der Waals surface area contributed by atoms with Crippen molar-refractivity contribution in [1.82, 2.24) is 14.8 Å². The molecule has 4 rings (SSSR count). The van der Waals surface area contributed by atoms with Crippen molar-refractivity contribution in [2.75, 3.05) is 11.6 Å². The van der Waals surface area contributed by atoms with Gasteiger partial charge in [-0.1, -0.05) is 47.6 Å². The fourth-order valence-corrected chi connectivity index (χ4v) is 3.86. The number of carbonyl (C=O) groups excluding carboxylic acids is 1. The Morgan fingerprint density at radius 2 is 2.22 bits per heavy atom. The maximum Gasteiger partial charge on any atom is 0.227 e. The van der Waals surface area contributed by atoms with E-state index in [9.17, 15) is 4.79 Å². The van der Waals surface area contributed by atoms with Crippen molar-refractivity contribution >= 4 is 35.1 Å². The SMILES string of the molecule is CSc1nc2n(n1)[C@@H](c1ccccc1Cl)[C@@H]1C(=O)CCC=C1N2. The summed E-state index contributed by atoms with van der Waals surface area (Å²) in [4.78, 5) is 17.1. The Hall–Kier alpha value is -1.79. The maximum absolute atomic E-state index is 12.6. The number of halogens is 1. The van der Waals surface area contributed by atoms with E-state index in [1.54, 1.807) is 4.68 Å². The van der Waals surface area contributed by atoms with Gasteiger partial charge in [-0.2, -0.15) is 4.98 Å². The highest BCUT2D eigenvalue weighted by Crippen LogP contribution is 2.43. The van der Waals surface area contributed by atoms with Gasteiger partial charge in [0.05, 0.1) is 12.0 Å². The van der Waals surface area contributed by atoms with Gasteiger partial charge in [0.25, 0.3) is 0 Å². The van der Waals surface area contributed by atoms with Crippen LogP contribution in [0.1, 0.15) is 24.4 Å². The van der Waals surface area contributed by atoms with Crippen LogP contribution in [-0.2, 0) is 4.79 Å². The third kappa shape index (κ3) is 2.37. The fourth-order valence-electron chi connectivity index (χ4n) is 3.27. The summed E-state index contributed by atoms with van der Waals surface area (Å²) < 4.78 is 1.80. The number of hydrogen-bond donors (Lipinski definition) is 1. The minimum absolute atomic E-state index is 0.215. The standard InChI is InChI=1S/C16H15ClN4OS/c1-23-16-19-15-18-11-7-4-8-12(22)13(11)14(21(15)20-16)9-5-2-3-6-10(9)17/h2-3,5-7,13-14H,4,8H2,1H3,(H,18,19,20)/t13-,14-/m0/s1. The first kappa shape index (κ1) is 14.8. The van der Waals surface area contributed by atoms with Crippen LogP contribution in [0, 0.1) is 5.92 Å². The molecule has 0 saturated heterocycles. The summed E-state index contributed by atoms with van der Waals surface area (Å²) in [5, 5.41) is 9.16. The molecule has 0 bridgehead atoms. The molecule has 0 amide bonds. The zero-order chi connectivity index (χ0) is 16.0. The number of benzene rings is 1. The second-order valence-corrected chi connectivity index (χ2v) is 6.78. The number of carbonyl (C=O) groups is 1. The van der Waals surface area contributed by atoms with Crippen LogP contribution >= 0.6 is 23.4 Å². The summed E-state index contributed by atoms with van der Waals surface area (Å²) in [7, 11) is 0. The molecule has 0 unspecified atom stereocenters.